The predicted molar refractivity (Wildman–Crippen MR) is 81.3 cm³/mol. The van der Waals surface area contributed by atoms with Crippen molar-refractivity contribution in [2.24, 2.45) is 5.92 Å². The van der Waals surface area contributed by atoms with Gasteiger partial charge in [-0.2, -0.15) is 13.2 Å². The number of alkyl halides is 3. The van der Waals surface area contributed by atoms with Crippen LogP contribution in [0.5, 0.6) is 5.75 Å². The van der Waals surface area contributed by atoms with Gasteiger partial charge in [-0.3, -0.25) is 4.79 Å². The van der Waals surface area contributed by atoms with E-state index < -0.39 is 12.6 Å². The van der Waals surface area contributed by atoms with E-state index in [1.165, 1.54) is 4.90 Å². The summed E-state index contributed by atoms with van der Waals surface area (Å²) in [5, 5.41) is 0. The molecule has 1 unspecified atom stereocenters. The van der Waals surface area contributed by atoms with Crippen LogP contribution in [0.25, 0.3) is 0 Å². The number of hydrogen-bond acceptors (Lipinski definition) is 2. The minimum Gasteiger partial charge on any atom is -0.497 e. The topological polar surface area (TPSA) is 29.5 Å². The standard InChI is InChI=1S/C17H22F3NO2/c1-23-15-7-4-5-13(12-15)11-14-6-2-3-9-21(16(14)22)10-8-17(18,19)20/h4-5,7,12,14H,2-3,6,8-11H2,1H3. The maximum absolute atomic E-state index is 12.5. The first-order valence-electron chi connectivity index (χ1n) is 7.87. The molecule has 1 saturated heterocycles. The molecule has 1 atom stereocenters. The van der Waals surface area contributed by atoms with Gasteiger partial charge in [0, 0.05) is 19.0 Å². The predicted octanol–water partition coefficient (Wildman–Crippen LogP) is 3.82. The number of carbonyl (C=O) groups is 1. The fraction of sp³-hybridized carbons (Fsp3) is 0.588. The van der Waals surface area contributed by atoms with Crippen molar-refractivity contribution >= 4 is 5.91 Å². The summed E-state index contributed by atoms with van der Waals surface area (Å²) >= 11 is 0. The quantitative estimate of drug-likeness (QED) is 0.822. The fourth-order valence-corrected chi connectivity index (χ4v) is 2.94. The second-order valence-corrected chi connectivity index (χ2v) is 5.94. The minimum absolute atomic E-state index is 0.158. The van der Waals surface area contributed by atoms with Crippen molar-refractivity contribution < 1.29 is 22.7 Å². The Labute approximate surface area is 134 Å². The summed E-state index contributed by atoms with van der Waals surface area (Å²) < 4.78 is 42.4. The Bertz CT molecular complexity index is 531. The molecule has 0 spiro atoms. The van der Waals surface area contributed by atoms with Crippen molar-refractivity contribution in [2.75, 3.05) is 20.2 Å². The molecule has 0 saturated carbocycles. The lowest BCUT2D eigenvalue weighted by molar-refractivity contribution is -0.147. The van der Waals surface area contributed by atoms with E-state index in [2.05, 4.69) is 0 Å². The van der Waals surface area contributed by atoms with Crippen LogP contribution in [0, 0.1) is 5.92 Å². The number of rotatable bonds is 5. The SMILES string of the molecule is COc1cccc(CC2CCCCN(CCC(F)(F)F)C2=O)c1. The Balaban J connectivity index is 2.03. The van der Waals surface area contributed by atoms with E-state index in [1.807, 2.05) is 24.3 Å². The van der Waals surface area contributed by atoms with E-state index in [4.69, 9.17) is 4.74 Å². The third kappa shape index (κ3) is 5.44. The van der Waals surface area contributed by atoms with Crippen LogP contribution in [-0.4, -0.2) is 37.2 Å². The monoisotopic (exact) mass is 329 g/mol. The maximum Gasteiger partial charge on any atom is 0.390 e. The van der Waals surface area contributed by atoms with Crippen molar-refractivity contribution in [3.8, 4) is 5.75 Å². The molecule has 1 aromatic rings. The molecule has 0 radical (unpaired) electrons. The molecule has 1 aliphatic heterocycles. The van der Waals surface area contributed by atoms with E-state index >= 15 is 0 Å². The van der Waals surface area contributed by atoms with Gasteiger partial charge in [0.2, 0.25) is 5.91 Å². The van der Waals surface area contributed by atoms with Crippen LogP contribution in [-0.2, 0) is 11.2 Å². The molecule has 1 heterocycles. The van der Waals surface area contributed by atoms with Gasteiger partial charge in [-0.15, -0.1) is 0 Å². The number of hydrogen-bond donors (Lipinski definition) is 0. The first-order chi connectivity index (χ1) is 10.9. The summed E-state index contributed by atoms with van der Waals surface area (Å²) in [5.74, 6) is 0.310. The molecule has 0 N–H and O–H groups in total. The number of benzene rings is 1. The molecule has 0 aliphatic carbocycles. The zero-order valence-electron chi connectivity index (χ0n) is 13.2. The summed E-state index contributed by atoms with van der Waals surface area (Å²) in [7, 11) is 1.58. The van der Waals surface area contributed by atoms with Gasteiger partial charge >= 0.3 is 6.18 Å². The molecule has 2 rings (SSSR count). The van der Waals surface area contributed by atoms with Gasteiger partial charge in [0.1, 0.15) is 5.75 Å². The Hall–Kier alpha value is -1.72. The van der Waals surface area contributed by atoms with E-state index in [-0.39, 0.29) is 18.4 Å². The second kappa shape index (κ2) is 7.70. The molecule has 3 nitrogen and oxygen atoms in total. The van der Waals surface area contributed by atoms with Gasteiger partial charge in [-0.1, -0.05) is 18.6 Å². The summed E-state index contributed by atoms with van der Waals surface area (Å²) in [5.41, 5.74) is 0.973. The Morgan fingerprint density at radius 1 is 1.30 bits per heavy atom. The molecule has 1 fully saturated rings. The summed E-state index contributed by atoms with van der Waals surface area (Å²) in [6.45, 7) is 0.181. The Kier molecular flexibility index (Phi) is 5.91. The van der Waals surface area contributed by atoms with Crippen LogP contribution < -0.4 is 4.74 Å². The van der Waals surface area contributed by atoms with Crippen LogP contribution in [0.1, 0.15) is 31.2 Å². The number of halogens is 3. The largest absolute Gasteiger partial charge is 0.497 e. The third-order valence-corrected chi connectivity index (χ3v) is 4.17. The highest BCUT2D eigenvalue weighted by Gasteiger charge is 2.32. The zero-order chi connectivity index (χ0) is 16.9. The van der Waals surface area contributed by atoms with Crippen molar-refractivity contribution in [2.45, 2.75) is 38.3 Å². The molecule has 23 heavy (non-hydrogen) atoms. The van der Waals surface area contributed by atoms with Gasteiger partial charge in [0.25, 0.3) is 0 Å². The average molecular weight is 329 g/mol. The zero-order valence-corrected chi connectivity index (χ0v) is 13.2. The third-order valence-electron chi connectivity index (χ3n) is 4.17. The van der Waals surface area contributed by atoms with Gasteiger partial charge in [0.05, 0.1) is 13.5 Å². The normalized spacial score (nSPS) is 19.6. The van der Waals surface area contributed by atoms with Crippen LogP contribution in [0.2, 0.25) is 0 Å². The minimum atomic E-state index is -4.23. The van der Waals surface area contributed by atoms with Crippen molar-refractivity contribution in [3.63, 3.8) is 0 Å². The molecule has 0 bridgehead atoms. The van der Waals surface area contributed by atoms with Crippen molar-refractivity contribution in [1.82, 2.24) is 4.90 Å². The number of carbonyl (C=O) groups excluding carboxylic acids is 1. The van der Waals surface area contributed by atoms with Crippen LogP contribution in [0.3, 0.4) is 0 Å². The molecule has 1 aliphatic rings. The van der Waals surface area contributed by atoms with Gasteiger partial charge in [-0.05, 0) is 37.0 Å². The molecule has 1 amide bonds. The van der Waals surface area contributed by atoms with Crippen LogP contribution >= 0.6 is 0 Å². The molecule has 128 valence electrons. The summed E-state index contributed by atoms with van der Waals surface area (Å²) in [4.78, 5) is 13.9. The van der Waals surface area contributed by atoms with Gasteiger partial charge in [-0.25, -0.2) is 0 Å². The first-order valence-corrected chi connectivity index (χ1v) is 7.87. The van der Waals surface area contributed by atoms with Crippen molar-refractivity contribution in [3.05, 3.63) is 29.8 Å². The van der Waals surface area contributed by atoms with E-state index in [1.54, 1.807) is 7.11 Å². The number of nitrogens with zero attached hydrogens (tertiary/aromatic N) is 1. The van der Waals surface area contributed by atoms with E-state index in [0.717, 1.165) is 30.6 Å². The average Bonchev–Trinajstić information content (AvgIpc) is 2.67. The Morgan fingerprint density at radius 2 is 2.09 bits per heavy atom. The number of likely N-dealkylation sites (tertiary alicyclic amines) is 1. The molecule has 1 aromatic carbocycles. The van der Waals surface area contributed by atoms with Crippen molar-refractivity contribution in [1.29, 1.82) is 0 Å². The van der Waals surface area contributed by atoms with Crippen LogP contribution in [0.15, 0.2) is 24.3 Å². The smallest absolute Gasteiger partial charge is 0.390 e. The highest BCUT2D eigenvalue weighted by molar-refractivity contribution is 5.79. The summed E-state index contributed by atoms with van der Waals surface area (Å²) in [6.07, 6.45) is -2.28. The van der Waals surface area contributed by atoms with Gasteiger partial charge < -0.3 is 9.64 Å². The van der Waals surface area contributed by atoms with E-state index in [9.17, 15) is 18.0 Å². The number of amides is 1. The van der Waals surface area contributed by atoms with Crippen LogP contribution in [0.4, 0.5) is 13.2 Å². The van der Waals surface area contributed by atoms with Gasteiger partial charge in [0.15, 0.2) is 0 Å². The second-order valence-electron chi connectivity index (χ2n) is 5.94. The lowest BCUT2D eigenvalue weighted by Crippen LogP contribution is -2.38. The summed E-state index contributed by atoms with van der Waals surface area (Å²) in [6, 6.07) is 7.48. The lowest BCUT2D eigenvalue weighted by Gasteiger charge is -2.25. The highest BCUT2D eigenvalue weighted by atomic mass is 19.4. The highest BCUT2D eigenvalue weighted by Crippen LogP contribution is 2.26. The Morgan fingerprint density at radius 3 is 2.78 bits per heavy atom. The molecule has 0 aromatic heterocycles. The number of ether oxygens (including phenoxy) is 1. The number of methoxy groups -OCH3 is 1. The first kappa shape index (κ1) is 17.6. The molecule has 6 heteroatoms. The fourth-order valence-electron chi connectivity index (χ4n) is 2.94. The van der Waals surface area contributed by atoms with E-state index in [0.29, 0.717) is 13.0 Å². The maximum atomic E-state index is 12.5. The molecular weight excluding hydrogens is 307 g/mol. The lowest BCUT2D eigenvalue weighted by atomic mass is 9.94. The molecular formula is C17H22F3NO2.